The summed E-state index contributed by atoms with van der Waals surface area (Å²) in [5.74, 6) is 0.487. The molecule has 1 unspecified atom stereocenters. The number of amides is 1. The van der Waals surface area contributed by atoms with Crippen LogP contribution in [0.3, 0.4) is 0 Å². The average molecular weight is 315 g/mol. The van der Waals surface area contributed by atoms with Crippen LogP contribution in [0.2, 0.25) is 5.02 Å². The minimum atomic E-state index is -0.229. The Morgan fingerprint density at radius 3 is 2.95 bits per heavy atom. The number of benzene rings is 1. The molecule has 1 atom stereocenters. The van der Waals surface area contributed by atoms with Gasteiger partial charge in [0.1, 0.15) is 5.76 Å². The van der Waals surface area contributed by atoms with Crippen LogP contribution in [-0.2, 0) is 9.53 Å². The van der Waals surface area contributed by atoms with Crippen LogP contribution in [0.5, 0.6) is 0 Å². The highest BCUT2D eigenvalue weighted by Crippen LogP contribution is 2.24. The van der Waals surface area contributed by atoms with Gasteiger partial charge < -0.3 is 10.1 Å². The Hall–Kier alpha value is -2.33. The van der Waals surface area contributed by atoms with Crippen LogP contribution in [0.4, 0.5) is 5.69 Å². The van der Waals surface area contributed by atoms with Gasteiger partial charge in [-0.1, -0.05) is 35.9 Å². The fourth-order valence-electron chi connectivity index (χ4n) is 2.37. The number of methoxy groups -OCH3 is 1. The van der Waals surface area contributed by atoms with E-state index in [1.807, 2.05) is 36.4 Å². The van der Waals surface area contributed by atoms with Crippen molar-refractivity contribution in [1.82, 2.24) is 0 Å². The molecule has 3 rings (SSSR count). The van der Waals surface area contributed by atoms with E-state index in [0.29, 0.717) is 28.6 Å². The van der Waals surface area contributed by atoms with Crippen molar-refractivity contribution in [1.29, 1.82) is 0 Å². The number of halogens is 1. The van der Waals surface area contributed by atoms with E-state index in [2.05, 4.69) is 10.3 Å². The van der Waals surface area contributed by atoms with Crippen LogP contribution in [0.15, 0.2) is 64.9 Å². The zero-order chi connectivity index (χ0) is 15.5. The van der Waals surface area contributed by atoms with Crippen LogP contribution in [-0.4, -0.2) is 25.3 Å². The lowest BCUT2D eigenvalue weighted by molar-refractivity contribution is -0.114. The minimum Gasteiger partial charge on any atom is -0.497 e. The van der Waals surface area contributed by atoms with Crippen LogP contribution in [0.1, 0.15) is 0 Å². The smallest absolute Gasteiger partial charge is 0.274 e. The summed E-state index contributed by atoms with van der Waals surface area (Å²) in [4.78, 5) is 16.3. The first-order valence-electron chi connectivity index (χ1n) is 6.93. The van der Waals surface area contributed by atoms with Gasteiger partial charge in [-0.15, -0.1) is 0 Å². The summed E-state index contributed by atoms with van der Waals surface area (Å²) in [6.45, 7) is 0.393. The molecule has 1 aromatic rings. The molecule has 112 valence electrons. The average Bonchev–Trinajstić information content (AvgIpc) is 2.53. The second-order valence-corrected chi connectivity index (χ2v) is 5.41. The van der Waals surface area contributed by atoms with Gasteiger partial charge in [-0.3, -0.25) is 4.79 Å². The summed E-state index contributed by atoms with van der Waals surface area (Å²) in [6, 6.07) is 7.43. The van der Waals surface area contributed by atoms with Crippen molar-refractivity contribution in [2.45, 2.75) is 0 Å². The van der Waals surface area contributed by atoms with Gasteiger partial charge in [-0.2, -0.15) is 0 Å². The third-order valence-electron chi connectivity index (χ3n) is 3.56. The normalized spacial score (nSPS) is 19.8. The number of rotatable bonds is 4. The summed E-state index contributed by atoms with van der Waals surface area (Å²) in [5, 5.41) is 3.80. The van der Waals surface area contributed by atoms with E-state index in [1.165, 1.54) is 0 Å². The van der Waals surface area contributed by atoms with Gasteiger partial charge in [0.15, 0.2) is 0 Å². The Balaban J connectivity index is 1.73. The molecule has 1 aliphatic heterocycles. The number of para-hydroxylation sites is 1. The summed E-state index contributed by atoms with van der Waals surface area (Å²) in [7, 11) is 1.59. The SMILES string of the molecule is COC1=CC2=NC(=O)C(CNc3ccccc3Cl)=CC2C=C1. The molecule has 0 bridgehead atoms. The predicted molar refractivity (Wildman–Crippen MR) is 88.2 cm³/mol. The van der Waals surface area contributed by atoms with Crippen molar-refractivity contribution >= 4 is 28.9 Å². The molecular weight excluding hydrogens is 300 g/mol. The molecule has 22 heavy (non-hydrogen) atoms. The number of anilines is 1. The van der Waals surface area contributed by atoms with Gasteiger partial charge >= 0.3 is 0 Å². The highest BCUT2D eigenvalue weighted by molar-refractivity contribution is 6.33. The molecule has 2 aliphatic rings. The molecule has 4 nitrogen and oxygen atoms in total. The molecule has 1 aliphatic carbocycles. The zero-order valence-corrected chi connectivity index (χ0v) is 12.8. The van der Waals surface area contributed by atoms with Crippen LogP contribution < -0.4 is 5.32 Å². The first-order chi connectivity index (χ1) is 10.7. The number of hydrogen-bond donors (Lipinski definition) is 1. The van der Waals surface area contributed by atoms with Crippen molar-refractivity contribution in [2.24, 2.45) is 10.9 Å². The largest absolute Gasteiger partial charge is 0.497 e. The van der Waals surface area contributed by atoms with Crippen molar-refractivity contribution in [3.63, 3.8) is 0 Å². The molecule has 0 radical (unpaired) electrons. The summed E-state index contributed by atoms with van der Waals surface area (Å²) in [6.07, 6.45) is 7.57. The van der Waals surface area contributed by atoms with Gasteiger partial charge in [0, 0.05) is 24.1 Å². The summed E-state index contributed by atoms with van der Waals surface area (Å²) < 4.78 is 5.16. The first kappa shape index (κ1) is 14.6. The third kappa shape index (κ3) is 2.97. The fraction of sp³-hybridized carbons (Fsp3) is 0.176. The number of nitrogens with zero attached hydrogens (tertiary/aromatic N) is 1. The van der Waals surface area contributed by atoms with Gasteiger partial charge in [-0.25, -0.2) is 4.99 Å². The molecule has 1 amide bonds. The van der Waals surface area contributed by atoms with Crippen LogP contribution >= 0.6 is 11.6 Å². The number of aliphatic imine (C=N–C) groups is 1. The Kier molecular flexibility index (Phi) is 4.11. The molecule has 1 heterocycles. The van der Waals surface area contributed by atoms with E-state index >= 15 is 0 Å². The Labute approximate surface area is 133 Å². The molecule has 5 heteroatoms. The van der Waals surface area contributed by atoms with E-state index in [1.54, 1.807) is 19.3 Å². The molecule has 0 saturated carbocycles. The van der Waals surface area contributed by atoms with Crippen LogP contribution in [0.25, 0.3) is 0 Å². The quantitative estimate of drug-likeness (QED) is 0.927. The maximum atomic E-state index is 12.1. The number of fused-ring (bicyclic) bond motifs is 1. The number of carbonyl (C=O) groups is 1. The minimum absolute atomic E-state index is 0.0136. The van der Waals surface area contributed by atoms with Gasteiger partial charge in [0.05, 0.1) is 23.5 Å². The lowest BCUT2D eigenvalue weighted by Crippen LogP contribution is -2.23. The molecule has 0 fully saturated rings. The number of dihydropyridines is 1. The number of carbonyl (C=O) groups excluding carboxylic acids is 1. The maximum absolute atomic E-state index is 12.1. The fourth-order valence-corrected chi connectivity index (χ4v) is 2.57. The van der Waals surface area contributed by atoms with Crippen molar-refractivity contribution in [2.75, 3.05) is 19.0 Å². The first-order valence-corrected chi connectivity index (χ1v) is 7.31. The topological polar surface area (TPSA) is 50.7 Å². The molecular formula is C17H15ClN2O2. The second kappa shape index (κ2) is 6.20. The molecule has 1 N–H and O–H groups in total. The lowest BCUT2D eigenvalue weighted by Gasteiger charge is -2.20. The van der Waals surface area contributed by atoms with E-state index in [-0.39, 0.29) is 11.8 Å². The standard InChI is InChI=1S/C17H15ClN2O2/c1-22-13-7-6-11-8-12(17(21)20-16(11)9-13)10-19-15-5-3-2-4-14(15)18/h2-9,11,19H,10H2,1H3. The molecule has 1 aromatic carbocycles. The van der Waals surface area contributed by atoms with Gasteiger partial charge in [0.2, 0.25) is 0 Å². The number of allylic oxidation sites excluding steroid dienone is 4. The van der Waals surface area contributed by atoms with Crippen molar-refractivity contribution < 1.29 is 9.53 Å². The van der Waals surface area contributed by atoms with Crippen molar-refractivity contribution in [3.8, 4) is 0 Å². The summed E-state index contributed by atoms with van der Waals surface area (Å²) in [5.41, 5.74) is 2.15. The monoisotopic (exact) mass is 314 g/mol. The second-order valence-electron chi connectivity index (χ2n) is 5.00. The Morgan fingerprint density at radius 2 is 2.18 bits per heavy atom. The Morgan fingerprint density at radius 1 is 1.36 bits per heavy atom. The zero-order valence-electron chi connectivity index (χ0n) is 12.0. The van der Waals surface area contributed by atoms with Crippen LogP contribution in [0, 0.1) is 5.92 Å². The lowest BCUT2D eigenvalue weighted by atomic mass is 9.92. The highest BCUT2D eigenvalue weighted by atomic mass is 35.5. The molecule has 0 spiro atoms. The van der Waals surface area contributed by atoms with E-state index in [0.717, 1.165) is 5.69 Å². The van der Waals surface area contributed by atoms with Gasteiger partial charge in [-0.05, 0) is 18.2 Å². The van der Waals surface area contributed by atoms with E-state index < -0.39 is 0 Å². The highest BCUT2D eigenvalue weighted by Gasteiger charge is 2.23. The molecule has 0 saturated heterocycles. The number of nitrogens with one attached hydrogen (secondary N) is 1. The number of hydrogen-bond acceptors (Lipinski definition) is 3. The third-order valence-corrected chi connectivity index (χ3v) is 3.89. The summed E-state index contributed by atoms with van der Waals surface area (Å²) >= 11 is 6.09. The van der Waals surface area contributed by atoms with E-state index in [4.69, 9.17) is 16.3 Å². The predicted octanol–water partition coefficient (Wildman–Crippen LogP) is 3.38. The van der Waals surface area contributed by atoms with Gasteiger partial charge in [0.25, 0.3) is 5.91 Å². The maximum Gasteiger partial charge on any atom is 0.274 e. The molecule has 0 aromatic heterocycles. The van der Waals surface area contributed by atoms with Crippen molar-refractivity contribution in [3.05, 3.63) is 64.9 Å². The van der Waals surface area contributed by atoms with E-state index in [9.17, 15) is 4.79 Å². The number of ether oxygens (including phenoxy) is 1. The Bertz CT molecular complexity index is 732.